The fraction of sp³-hybridized carbons (Fsp3) is 0.647. The Labute approximate surface area is 237 Å². The van der Waals surface area contributed by atoms with Crippen molar-refractivity contribution in [3.63, 3.8) is 0 Å². The van der Waals surface area contributed by atoms with Crippen LogP contribution in [0, 0.1) is 0 Å². The summed E-state index contributed by atoms with van der Waals surface area (Å²) in [6.07, 6.45) is 10.4. The molecule has 1 N–H and O–H groups in total. The Balaban J connectivity index is 1.72. The highest BCUT2D eigenvalue weighted by molar-refractivity contribution is 5.15. The second-order valence-corrected chi connectivity index (χ2v) is 11.2. The Morgan fingerprint density at radius 2 is 1.31 bits per heavy atom. The molecular weight excluding hydrogens is 486 g/mol. The molecule has 218 valence electrons. The fourth-order valence-electron chi connectivity index (χ4n) is 5.61. The summed E-state index contributed by atoms with van der Waals surface area (Å²) in [5.41, 5.74) is 2.33. The van der Waals surface area contributed by atoms with Gasteiger partial charge in [-0.15, -0.1) is 0 Å². The molecule has 1 unspecified atom stereocenters. The second kappa shape index (κ2) is 18.6. The molecule has 1 saturated carbocycles. The third-order valence-corrected chi connectivity index (χ3v) is 7.91. The van der Waals surface area contributed by atoms with E-state index in [9.17, 15) is 5.11 Å². The van der Waals surface area contributed by atoms with E-state index in [0.717, 1.165) is 44.2 Å². The van der Waals surface area contributed by atoms with E-state index < -0.39 is 6.10 Å². The minimum absolute atomic E-state index is 0.00569. The van der Waals surface area contributed by atoms with Crippen molar-refractivity contribution in [1.29, 1.82) is 0 Å². The lowest BCUT2D eigenvalue weighted by molar-refractivity contribution is -0.107. The average molecular weight is 540 g/mol. The molecule has 0 saturated heterocycles. The zero-order chi connectivity index (χ0) is 27.7. The van der Waals surface area contributed by atoms with Crippen LogP contribution in [0.2, 0.25) is 0 Å². The molecule has 5 atom stereocenters. The topological polar surface area (TPSA) is 51.2 Å². The standard InChI is InChI=1S/C34H53NO4/c1-4-6-8-9-17-23-35(3)33-31(37-25-28-18-13-10-14-19-28)24-32(38-26-29-20-15-11-16-21-29)34(33)39-27-30(36)22-12-7-5-2/h10-11,13-16,18-21,30-34,36H,4-9,12,17,22-27H2,1-3H3/t30?,31-,32+,33+,34+/m1/s1. The number of unbranched alkanes of at least 4 members (excludes halogenated alkanes) is 6. The van der Waals surface area contributed by atoms with Crippen LogP contribution >= 0.6 is 0 Å². The summed E-state index contributed by atoms with van der Waals surface area (Å²) in [6.45, 7) is 6.91. The van der Waals surface area contributed by atoms with Gasteiger partial charge in [-0.1, -0.05) is 119 Å². The largest absolute Gasteiger partial charge is 0.391 e. The van der Waals surface area contributed by atoms with Gasteiger partial charge in [0, 0.05) is 6.42 Å². The highest BCUT2D eigenvalue weighted by Crippen LogP contribution is 2.33. The van der Waals surface area contributed by atoms with E-state index >= 15 is 0 Å². The van der Waals surface area contributed by atoms with Crippen LogP contribution in [-0.4, -0.2) is 60.7 Å². The fourth-order valence-corrected chi connectivity index (χ4v) is 5.61. The molecule has 5 nitrogen and oxygen atoms in total. The number of benzene rings is 2. The summed E-state index contributed by atoms with van der Waals surface area (Å²) in [5, 5.41) is 10.7. The first-order valence-corrected chi connectivity index (χ1v) is 15.4. The Hall–Kier alpha value is -1.76. The van der Waals surface area contributed by atoms with E-state index in [2.05, 4.69) is 74.3 Å². The van der Waals surface area contributed by atoms with Gasteiger partial charge in [-0.3, -0.25) is 4.90 Å². The van der Waals surface area contributed by atoms with E-state index in [-0.39, 0.29) is 24.4 Å². The molecule has 1 fully saturated rings. The van der Waals surface area contributed by atoms with Gasteiger partial charge in [0.25, 0.3) is 0 Å². The second-order valence-electron chi connectivity index (χ2n) is 11.2. The summed E-state index contributed by atoms with van der Waals surface area (Å²) >= 11 is 0. The summed E-state index contributed by atoms with van der Waals surface area (Å²) in [5.74, 6) is 0. The minimum Gasteiger partial charge on any atom is -0.391 e. The predicted molar refractivity (Wildman–Crippen MR) is 160 cm³/mol. The van der Waals surface area contributed by atoms with Crippen molar-refractivity contribution < 1.29 is 19.3 Å². The molecule has 0 bridgehead atoms. The highest BCUT2D eigenvalue weighted by atomic mass is 16.6. The first kappa shape index (κ1) is 31.8. The molecule has 0 amide bonds. The summed E-state index contributed by atoms with van der Waals surface area (Å²) in [7, 11) is 2.21. The highest BCUT2D eigenvalue weighted by Gasteiger charge is 2.47. The van der Waals surface area contributed by atoms with Gasteiger partial charge < -0.3 is 19.3 Å². The number of hydrogen-bond acceptors (Lipinski definition) is 5. The number of nitrogens with zero attached hydrogens (tertiary/aromatic N) is 1. The van der Waals surface area contributed by atoms with Crippen LogP contribution < -0.4 is 0 Å². The maximum absolute atomic E-state index is 10.7. The van der Waals surface area contributed by atoms with Crippen LogP contribution in [-0.2, 0) is 27.4 Å². The molecule has 1 aliphatic rings. The lowest BCUT2D eigenvalue weighted by Gasteiger charge is -2.35. The number of hydrogen-bond donors (Lipinski definition) is 1. The molecule has 5 heteroatoms. The molecule has 3 rings (SSSR count). The first-order valence-electron chi connectivity index (χ1n) is 15.4. The first-order chi connectivity index (χ1) is 19.1. The molecule has 2 aromatic carbocycles. The van der Waals surface area contributed by atoms with E-state index in [1.54, 1.807) is 0 Å². The van der Waals surface area contributed by atoms with Crippen LogP contribution in [0.1, 0.15) is 89.2 Å². The maximum Gasteiger partial charge on any atom is 0.102 e. The number of aliphatic hydroxyl groups excluding tert-OH is 1. The van der Waals surface area contributed by atoms with Crippen molar-refractivity contribution in [2.45, 2.75) is 122 Å². The third-order valence-electron chi connectivity index (χ3n) is 7.91. The van der Waals surface area contributed by atoms with E-state index in [1.165, 1.54) is 37.7 Å². The van der Waals surface area contributed by atoms with Gasteiger partial charge in [0.1, 0.15) is 6.10 Å². The molecule has 1 aliphatic carbocycles. The lowest BCUT2D eigenvalue weighted by Crippen LogP contribution is -2.49. The normalized spacial score (nSPS) is 22.0. The van der Waals surface area contributed by atoms with Gasteiger partial charge in [-0.05, 0) is 37.6 Å². The SMILES string of the molecule is CCCCCCCN(C)[C@@H]1[C@@H](OCC(O)CCCCC)[C@@H](OCc2ccccc2)C[C@H]1OCc1ccccc1. The Morgan fingerprint density at radius 3 is 1.92 bits per heavy atom. The van der Waals surface area contributed by atoms with Crippen LogP contribution in [0.15, 0.2) is 60.7 Å². The molecule has 0 aromatic heterocycles. The quantitative estimate of drug-likeness (QED) is 0.181. The monoisotopic (exact) mass is 539 g/mol. The average Bonchev–Trinajstić information content (AvgIpc) is 3.32. The van der Waals surface area contributed by atoms with Gasteiger partial charge in [0.05, 0.1) is 44.2 Å². The molecule has 0 radical (unpaired) electrons. The van der Waals surface area contributed by atoms with Crippen molar-refractivity contribution in [1.82, 2.24) is 4.90 Å². The maximum atomic E-state index is 10.7. The Kier molecular flexibility index (Phi) is 15.1. The predicted octanol–water partition coefficient (Wildman–Crippen LogP) is 7.16. The summed E-state index contributed by atoms with van der Waals surface area (Å²) < 4.78 is 19.7. The Morgan fingerprint density at radius 1 is 0.744 bits per heavy atom. The molecule has 0 heterocycles. The Bertz CT molecular complexity index is 864. The smallest absolute Gasteiger partial charge is 0.102 e. The minimum atomic E-state index is -0.449. The zero-order valence-electron chi connectivity index (χ0n) is 24.7. The number of rotatable bonds is 20. The summed E-state index contributed by atoms with van der Waals surface area (Å²) in [6, 6.07) is 20.8. The molecule has 0 aliphatic heterocycles. The zero-order valence-corrected chi connectivity index (χ0v) is 24.7. The van der Waals surface area contributed by atoms with Crippen molar-refractivity contribution in [3.05, 3.63) is 71.8 Å². The number of ether oxygens (including phenoxy) is 3. The van der Waals surface area contributed by atoms with Crippen molar-refractivity contribution in [3.8, 4) is 0 Å². The van der Waals surface area contributed by atoms with Gasteiger partial charge >= 0.3 is 0 Å². The van der Waals surface area contributed by atoms with Crippen LogP contribution in [0.4, 0.5) is 0 Å². The van der Waals surface area contributed by atoms with Crippen molar-refractivity contribution in [2.24, 2.45) is 0 Å². The molecule has 0 spiro atoms. The number of aliphatic hydroxyl groups is 1. The number of likely N-dealkylation sites (N-methyl/N-ethyl adjacent to an activating group) is 1. The van der Waals surface area contributed by atoms with Gasteiger partial charge in [-0.25, -0.2) is 0 Å². The van der Waals surface area contributed by atoms with Gasteiger partial charge in [0.15, 0.2) is 0 Å². The van der Waals surface area contributed by atoms with Crippen molar-refractivity contribution in [2.75, 3.05) is 20.2 Å². The lowest BCUT2D eigenvalue weighted by atomic mass is 10.1. The molecule has 39 heavy (non-hydrogen) atoms. The van der Waals surface area contributed by atoms with Gasteiger partial charge in [-0.2, -0.15) is 0 Å². The van der Waals surface area contributed by atoms with Crippen LogP contribution in [0.5, 0.6) is 0 Å². The summed E-state index contributed by atoms with van der Waals surface area (Å²) in [4.78, 5) is 2.43. The van der Waals surface area contributed by atoms with Crippen LogP contribution in [0.25, 0.3) is 0 Å². The van der Waals surface area contributed by atoms with E-state index in [1.807, 2.05) is 12.1 Å². The molecule has 2 aromatic rings. The molecular formula is C34H53NO4. The van der Waals surface area contributed by atoms with Gasteiger partial charge in [0.2, 0.25) is 0 Å². The van der Waals surface area contributed by atoms with Crippen molar-refractivity contribution >= 4 is 0 Å². The van der Waals surface area contributed by atoms with E-state index in [0.29, 0.717) is 19.8 Å². The van der Waals surface area contributed by atoms with Crippen LogP contribution in [0.3, 0.4) is 0 Å². The third kappa shape index (κ3) is 11.3. The van der Waals surface area contributed by atoms with E-state index in [4.69, 9.17) is 14.2 Å².